The maximum absolute atomic E-state index is 13.7. The topological polar surface area (TPSA) is 136 Å². The number of rotatable bonds is 8. The molecule has 5 rings (SSSR count). The molecule has 0 spiro atoms. The third kappa shape index (κ3) is 4.67. The van der Waals surface area contributed by atoms with Crippen molar-refractivity contribution in [2.45, 2.75) is 4.90 Å². The maximum atomic E-state index is 13.7. The van der Waals surface area contributed by atoms with Crippen molar-refractivity contribution in [1.29, 1.82) is 0 Å². The number of carbonyl (C=O) groups excluding carboxylic acids is 1. The number of aromatic nitrogens is 2. The van der Waals surface area contributed by atoms with E-state index in [-0.39, 0.29) is 29.7 Å². The van der Waals surface area contributed by atoms with Crippen LogP contribution in [0.1, 0.15) is 0 Å². The molecule has 1 aliphatic rings. The number of fused-ring (bicyclic) bond motifs is 1. The van der Waals surface area contributed by atoms with Gasteiger partial charge >= 0.3 is 0 Å². The van der Waals surface area contributed by atoms with E-state index in [0.29, 0.717) is 47.7 Å². The Balaban J connectivity index is 1.67. The monoisotopic (exact) mass is 495 g/mol. The number of benzene rings is 2. The number of hydrogen-bond donors (Lipinski definition) is 2. The zero-order chi connectivity index (χ0) is 24.3. The van der Waals surface area contributed by atoms with Crippen molar-refractivity contribution < 1.29 is 27.1 Å². The van der Waals surface area contributed by atoms with Gasteiger partial charge in [0.2, 0.25) is 10.0 Å². The lowest BCUT2D eigenvalue weighted by atomic mass is 10.1. The van der Waals surface area contributed by atoms with Gasteiger partial charge < -0.3 is 24.5 Å². The van der Waals surface area contributed by atoms with Crippen LogP contribution in [-0.4, -0.2) is 55.5 Å². The first-order chi connectivity index (χ1) is 17.1. The normalized spacial score (nSPS) is 14.5. The predicted molar refractivity (Wildman–Crippen MR) is 128 cm³/mol. The molecule has 0 unspecified atom stereocenters. The van der Waals surface area contributed by atoms with Gasteiger partial charge in [-0.2, -0.15) is 4.31 Å². The predicted octanol–water partition coefficient (Wildman–Crippen LogP) is 3.27. The summed E-state index contributed by atoms with van der Waals surface area (Å²) in [4.78, 5) is 19.5. The Morgan fingerprint density at radius 3 is 2.66 bits per heavy atom. The number of nitrogens with one attached hydrogen (secondary N) is 2. The van der Waals surface area contributed by atoms with Crippen LogP contribution in [0.15, 0.2) is 70.4 Å². The molecule has 0 radical (unpaired) electrons. The third-order valence-electron chi connectivity index (χ3n) is 5.43. The number of oxazole rings is 1. The van der Waals surface area contributed by atoms with Gasteiger partial charge in [0.05, 0.1) is 36.3 Å². The van der Waals surface area contributed by atoms with Gasteiger partial charge in [0.1, 0.15) is 11.2 Å². The maximum Gasteiger partial charge on any atom is 0.299 e. The fourth-order valence-corrected chi connectivity index (χ4v) is 5.28. The second-order valence-corrected chi connectivity index (χ2v) is 9.45. The number of hydrogen-bond acceptors (Lipinski definition) is 10. The van der Waals surface area contributed by atoms with Crippen LogP contribution in [0, 0.1) is 0 Å². The minimum Gasteiger partial charge on any atom is -0.432 e. The van der Waals surface area contributed by atoms with Crippen LogP contribution in [0.2, 0.25) is 0 Å². The average Bonchev–Trinajstić information content (AvgIpc) is 3.39. The second-order valence-electron chi connectivity index (χ2n) is 7.54. The molecule has 3 heterocycles. The molecular weight excluding hydrogens is 474 g/mol. The van der Waals surface area contributed by atoms with Crippen molar-refractivity contribution in [3.8, 4) is 5.75 Å². The van der Waals surface area contributed by atoms with E-state index in [1.165, 1.54) is 23.0 Å². The minimum atomic E-state index is -3.93. The zero-order valence-electron chi connectivity index (χ0n) is 18.4. The highest BCUT2D eigenvalue weighted by Crippen LogP contribution is 2.37. The number of carbonyl (C=O) groups is 1. The van der Waals surface area contributed by atoms with E-state index in [4.69, 9.17) is 13.9 Å². The van der Waals surface area contributed by atoms with E-state index >= 15 is 0 Å². The first kappa shape index (κ1) is 22.8. The molecule has 11 nitrogen and oxygen atoms in total. The van der Waals surface area contributed by atoms with Crippen LogP contribution in [0.4, 0.5) is 23.1 Å². The van der Waals surface area contributed by atoms with Crippen LogP contribution in [-0.2, 0) is 19.6 Å². The van der Waals surface area contributed by atoms with E-state index in [0.717, 1.165) is 0 Å². The molecule has 1 aliphatic heterocycles. The van der Waals surface area contributed by atoms with Crippen LogP contribution in [0.5, 0.6) is 5.75 Å². The van der Waals surface area contributed by atoms with Crippen LogP contribution in [0.25, 0.3) is 10.9 Å². The average molecular weight is 496 g/mol. The number of ether oxygens (including phenoxy) is 2. The molecular formula is C23H21N5O6S. The number of morpholine rings is 1. The number of nitrogens with zero attached hydrogens (tertiary/aromatic N) is 3. The molecule has 0 bridgehead atoms. The van der Waals surface area contributed by atoms with Crippen molar-refractivity contribution >= 4 is 50.5 Å². The van der Waals surface area contributed by atoms with Crippen LogP contribution < -0.4 is 15.4 Å². The number of pyridine rings is 1. The van der Waals surface area contributed by atoms with E-state index in [1.54, 1.807) is 42.5 Å². The molecule has 12 heteroatoms. The molecule has 1 saturated heterocycles. The lowest BCUT2D eigenvalue weighted by Crippen LogP contribution is -2.40. The van der Waals surface area contributed by atoms with E-state index in [9.17, 15) is 13.2 Å². The molecule has 0 aliphatic carbocycles. The SMILES string of the molecule is O=COc1ccccc1Nc1c(S(=O)(=O)N2CCOCC2)cnc2ccc(Nc3ncco3)cc12. The Kier molecular flexibility index (Phi) is 6.31. The Bertz CT molecular complexity index is 1450. The molecule has 2 aromatic heterocycles. The van der Waals surface area contributed by atoms with E-state index in [2.05, 4.69) is 20.6 Å². The summed E-state index contributed by atoms with van der Waals surface area (Å²) in [6.07, 6.45) is 4.28. The van der Waals surface area contributed by atoms with Gasteiger partial charge in [-0.3, -0.25) is 9.78 Å². The van der Waals surface area contributed by atoms with Crippen molar-refractivity contribution in [2.24, 2.45) is 0 Å². The lowest BCUT2D eigenvalue weighted by molar-refractivity contribution is -0.120. The van der Waals surface area contributed by atoms with Gasteiger partial charge in [-0.15, -0.1) is 0 Å². The van der Waals surface area contributed by atoms with Gasteiger partial charge in [-0.05, 0) is 30.3 Å². The molecule has 2 N–H and O–H groups in total. The highest BCUT2D eigenvalue weighted by molar-refractivity contribution is 7.89. The number of anilines is 4. The molecule has 2 aromatic carbocycles. The van der Waals surface area contributed by atoms with Crippen molar-refractivity contribution in [1.82, 2.24) is 14.3 Å². The molecule has 35 heavy (non-hydrogen) atoms. The zero-order valence-corrected chi connectivity index (χ0v) is 19.2. The largest absolute Gasteiger partial charge is 0.432 e. The van der Waals surface area contributed by atoms with Crippen molar-refractivity contribution in [3.63, 3.8) is 0 Å². The smallest absolute Gasteiger partial charge is 0.299 e. The van der Waals surface area contributed by atoms with Crippen LogP contribution in [0.3, 0.4) is 0 Å². The Hall–Kier alpha value is -4.00. The van der Waals surface area contributed by atoms with Gasteiger partial charge in [-0.25, -0.2) is 13.4 Å². The number of para-hydroxylation sites is 2. The fourth-order valence-electron chi connectivity index (χ4n) is 3.77. The van der Waals surface area contributed by atoms with Crippen molar-refractivity contribution in [2.75, 3.05) is 36.9 Å². The van der Waals surface area contributed by atoms with E-state index < -0.39 is 10.0 Å². The first-order valence-electron chi connectivity index (χ1n) is 10.7. The second kappa shape index (κ2) is 9.70. The van der Waals surface area contributed by atoms with Gasteiger partial charge in [0, 0.05) is 30.4 Å². The quantitative estimate of drug-likeness (QED) is 0.351. The standard InChI is InChI=1S/C23H21N5O6S/c29-15-34-20-4-2-1-3-19(20)27-22-17-13-16(26-23-24-7-10-33-23)5-6-18(17)25-14-21(22)35(30,31)28-8-11-32-12-9-28/h1-7,10,13-15H,8-9,11-12H2,(H,24,26)(H,25,27). The Morgan fingerprint density at radius 1 is 1.06 bits per heavy atom. The molecule has 0 saturated carbocycles. The molecule has 4 aromatic rings. The summed E-state index contributed by atoms with van der Waals surface area (Å²) in [6.45, 7) is 1.40. The molecule has 0 amide bonds. The van der Waals surface area contributed by atoms with Crippen LogP contribution >= 0.6 is 0 Å². The molecule has 0 atom stereocenters. The van der Waals surface area contributed by atoms with Gasteiger partial charge in [0.15, 0.2) is 5.75 Å². The van der Waals surface area contributed by atoms with E-state index in [1.807, 2.05) is 0 Å². The summed E-state index contributed by atoms with van der Waals surface area (Å²) in [6, 6.07) is 12.3. The first-order valence-corrected chi connectivity index (χ1v) is 12.1. The Morgan fingerprint density at radius 2 is 1.89 bits per heavy atom. The summed E-state index contributed by atoms with van der Waals surface area (Å²) < 4.78 is 44.4. The summed E-state index contributed by atoms with van der Waals surface area (Å²) in [7, 11) is -3.93. The highest BCUT2D eigenvalue weighted by Gasteiger charge is 2.30. The summed E-state index contributed by atoms with van der Waals surface area (Å²) >= 11 is 0. The summed E-state index contributed by atoms with van der Waals surface area (Å²) in [5, 5.41) is 6.74. The van der Waals surface area contributed by atoms with Gasteiger partial charge in [0.25, 0.3) is 12.5 Å². The van der Waals surface area contributed by atoms with Crippen molar-refractivity contribution in [3.05, 3.63) is 61.1 Å². The molecule has 1 fully saturated rings. The lowest BCUT2D eigenvalue weighted by Gasteiger charge is -2.27. The molecule has 180 valence electrons. The Labute approximate surface area is 200 Å². The minimum absolute atomic E-state index is 0.0129. The number of sulfonamides is 1. The highest BCUT2D eigenvalue weighted by atomic mass is 32.2. The summed E-state index contributed by atoms with van der Waals surface area (Å²) in [5.41, 5.74) is 1.87. The van der Waals surface area contributed by atoms with Gasteiger partial charge in [-0.1, -0.05) is 12.1 Å². The third-order valence-corrected chi connectivity index (χ3v) is 7.34. The fraction of sp³-hybridized carbons (Fsp3) is 0.174. The summed E-state index contributed by atoms with van der Waals surface area (Å²) in [5.74, 6) is 0.247.